The molecule has 2 heteroatoms. The molecule has 0 N–H and O–H groups in total. The van der Waals surface area contributed by atoms with Crippen molar-refractivity contribution in [3.8, 4) is 0 Å². The maximum Gasteiger partial charge on any atom is 0.303 e. The molecule has 0 amide bonds. The number of esters is 1. The second-order valence-electron chi connectivity index (χ2n) is 2.57. The van der Waals surface area contributed by atoms with Gasteiger partial charge in [0, 0.05) is 6.92 Å². The molecule has 2 nitrogen and oxygen atoms in total. The molecule has 0 aromatic carbocycles. The third-order valence-corrected chi connectivity index (χ3v) is 1.92. The predicted molar refractivity (Wildman–Crippen MR) is 45.3 cm³/mol. The Balaban J connectivity index is 4.28. The molecular weight excluding hydrogens is 140 g/mol. The first kappa shape index (κ1) is 10.2. The maximum absolute atomic E-state index is 10.7. The average Bonchev–Trinajstić information content (AvgIpc) is 2.00. The van der Waals surface area contributed by atoms with E-state index in [0.717, 1.165) is 12.8 Å². The van der Waals surface area contributed by atoms with Gasteiger partial charge < -0.3 is 4.74 Å². The van der Waals surface area contributed by atoms with Crippen molar-refractivity contribution < 1.29 is 9.53 Å². The van der Waals surface area contributed by atoms with Gasteiger partial charge in [-0.3, -0.25) is 4.79 Å². The lowest BCUT2D eigenvalue weighted by Crippen LogP contribution is -2.30. The van der Waals surface area contributed by atoms with E-state index in [4.69, 9.17) is 4.74 Å². The van der Waals surface area contributed by atoms with E-state index in [1.165, 1.54) is 6.92 Å². The lowest BCUT2D eigenvalue weighted by Gasteiger charge is -2.26. The highest BCUT2D eigenvalue weighted by molar-refractivity contribution is 5.66. The first-order valence-corrected chi connectivity index (χ1v) is 3.93. The van der Waals surface area contributed by atoms with Gasteiger partial charge in [-0.2, -0.15) is 0 Å². The van der Waals surface area contributed by atoms with Crippen LogP contribution >= 0.6 is 0 Å². The van der Waals surface area contributed by atoms with Gasteiger partial charge >= 0.3 is 5.97 Å². The molecule has 0 radical (unpaired) electrons. The third kappa shape index (κ3) is 2.74. The molecule has 0 rings (SSSR count). The molecule has 0 saturated heterocycles. The maximum atomic E-state index is 10.7. The van der Waals surface area contributed by atoms with E-state index < -0.39 is 5.60 Å². The number of hydrogen-bond donors (Lipinski definition) is 0. The van der Waals surface area contributed by atoms with Crippen LogP contribution < -0.4 is 0 Å². The Bertz CT molecular complexity index is 146. The molecule has 11 heavy (non-hydrogen) atoms. The molecule has 0 heterocycles. The highest BCUT2D eigenvalue weighted by Gasteiger charge is 2.24. The van der Waals surface area contributed by atoms with Crippen LogP contribution in [0.2, 0.25) is 0 Å². The Morgan fingerprint density at radius 3 is 2.09 bits per heavy atom. The average molecular weight is 156 g/mol. The second-order valence-corrected chi connectivity index (χ2v) is 2.57. The molecule has 0 aliphatic carbocycles. The molecule has 64 valence electrons. The fraction of sp³-hybridized carbons (Fsp3) is 0.667. The van der Waals surface area contributed by atoms with Gasteiger partial charge in [0.15, 0.2) is 0 Å². The van der Waals surface area contributed by atoms with Crippen molar-refractivity contribution >= 4 is 5.97 Å². The van der Waals surface area contributed by atoms with Gasteiger partial charge in [-0.05, 0) is 18.9 Å². The molecule has 0 unspecified atom stereocenters. The van der Waals surface area contributed by atoms with E-state index in [-0.39, 0.29) is 5.97 Å². The number of rotatable bonds is 4. The Hall–Kier alpha value is -0.790. The van der Waals surface area contributed by atoms with Crippen LogP contribution in [0.25, 0.3) is 0 Å². The van der Waals surface area contributed by atoms with Gasteiger partial charge in [0.1, 0.15) is 5.60 Å². The third-order valence-electron chi connectivity index (χ3n) is 1.92. The fourth-order valence-corrected chi connectivity index (χ4v) is 1.01. The van der Waals surface area contributed by atoms with E-state index in [0.29, 0.717) is 0 Å². The van der Waals surface area contributed by atoms with Gasteiger partial charge in [-0.25, -0.2) is 0 Å². The molecule has 0 fully saturated rings. The van der Waals surface area contributed by atoms with Crippen molar-refractivity contribution in [1.29, 1.82) is 0 Å². The largest absolute Gasteiger partial charge is 0.455 e. The lowest BCUT2D eigenvalue weighted by atomic mass is 9.97. The fourth-order valence-electron chi connectivity index (χ4n) is 1.01. The van der Waals surface area contributed by atoms with Crippen LogP contribution in [0.15, 0.2) is 12.7 Å². The molecule has 0 saturated carbocycles. The Morgan fingerprint density at radius 2 is 2.00 bits per heavy atom. The topological polar surface area (TPSA) is 26.3 Å². The van der Waals surface area contributed by atoms with Crippen molar-refractivity contribution in [3.63, 3.8) is 0 Å². The summed E-state index contributed by atoms with van der Waals surface area (Å²) in [7, 11) is 0. The van der Waals surface area contributed by atoms with Gasteiger partial charge in [0.2, 0.25) is 0 Å². The van der Waals surface area contributed by atoms with E-state index in [1.54, 1.807) is 6.08 Å². The van der Waals surface area contributed by atoms with Crippen molar-refractivity contribution in [2.75, 3.05) is 0 Å². The van der Waals surface area contributed by atoms with Crippen LogP contribution in [0.5, 0.6) is 0 Å². The standard InChI is InChI=1S/C9H16O2/c1-5-9(6-2,7-3)11-8(4)10/h5H,1,6-7H2,2-4H3. The van der Waals surface area contributed by atoms with E-state index in [2.05, 4.69) is 6.58 Å². The molecule has 0 aliphatic heterocycles. The summed E-state index contributed by atoms with van der Waals surface area (Å²) in [6.45, 7) is 9.03. The van der Waals surface area contributed by atoms with Crippen LogP contribution in [-0.4, -0.2) is 11.6 Å². The van der Waals surface area contributed by atoms with Crippen molar-refractivity contribution in [1.82, 2.24) is 0 Å². The van der Waals surface area contributed by atoms with Gasteiger partial charge in [0.25, 0.3) is 0 Å². The van der Waals surface area contributed by atoms with Crippen LogP contribution in [0.4, 0.5) is 0 Å². The minimum Gasteiger partial charge on any atom is -0.455 e. The van der Waals surface area contributed by atoms with Gasteiger partial charge in [-0.1, -0.05) is 20.4 Å². The quantitative estimate of drug-likeness (QED) is 0.461. The molecule has 0 aliphatic rings. The van der Waals surface area contributed by atoms with E-state index in [1.807, 2.05) is 13.8 Å². The molecule has 0 atom stereocenters. The van der Waals surface area contributed by atoms with Crippen LogP contribution in [-0.2, 0) is 9.53 Å². The summed E-state index contributed by atoms with van der Waals surface area (Å²) >= 11 is 0. The number of hydrogen-bond acceptors (Lipinski definition) is 2. The van der Waals surface area contributed by atoms with Crippen LogP contribution in [0.1, 0.15) is 33.6 Å². The summed E-state index contributed by atoms with van der Waals surface area (Å²) in [6.07, 6.45) is 3.27. The minimum absolute atomic E-state index is 0.242. The van der Waals surface area contributed by atoms with Crippen molar-refractivity contribution in [2.24, 2.45) is 0 Å². The summed E-state index contributed by atoms with van der Waals surface area (Å²) < 4.78 is 5.13. The highest BCUT2D eigenvalue weighted by atomic mass is 16.6. The van der Waals surface area contributed by atoms with E-state index in [9.17, 15) is 4.79 Å². The summed E-state index contributed by atoms with van der Waals surface area (Å²) in [5.74, 6) is -0.242. The Kier molecular flexibility index (Phi) is 3.86. The summed E-state index contributed by atoms with van der Waals surface area (Å²) in [5, 5.41) is 0. The summed E-state index contributed by atoms with van der Waals surface area (Å²) in [4.78, 5) is 10.7. The summed E-state index contributed by atoms with van der Waals surface area (Å²) in [6, 6.07) is 0. The Labute approximate surface area is 68.2 Å². The van der Waals surface area contributed by atoms with Crippen molar-refractivity contribution in [3.05, 3.63) is 12.7 Å². The lowest BCUT2D eigenvalue weighted by molar-refractivity contribution is -0.152. The number of carbonyl (C=O) groups excluding carboxylic acids is 1. The molecule has 0 aromatic rings. The monoisotopic (exact) mass is 156 g/mol. The Morgan fingerprint density at radius 1 is 1.55 bits per heavy atom. The van der Waals surface area contributed by atoms with Gasteiger partial charge in [-0.15, -0.1) is 0 Å². The smallest absolute Gasteiger partial charge is 0.303 e. The molecule has 0 aromatic heterocycles. The molecule has 0 bridgehead atoms. The second kappa shape index (κ2) is 4.16. The molecule has 0 spiro atoms. The normalized spacial score (nSPS) is 10.8. The van der Waals surface area contributed by atoms with Crippen LogP contribution in [0, 0.1) is 0 Å². The number of carbonyl (C=O) groups is 1. The highest BCUT2D eigenvalue weighted by Crippen LogP contribution is 2.21. The van der Waals surface area contributed by atoms with E-state index >= 15 is 0 Å². The first-order chi connectivity index (χ1) is 5.10. The molecular formula is C9H16O2. The zero-order valence-corrected chi connectivity index (χ0v) is 7.52. The SMILES string of the molecule is C=CC(CC)(CC)OC(C)=O. The first-order valence-electron chi connectivity index (χ1n) is 3.93. The number of ether oxygens (including phenoxy) is 1. The summed E-state index contributed by atoms with van der Waals surface area (Å²) in [5.41, 5.74) is -0.439. The predicted octanol–water partition coefficient (Wildman–Crippen LogP) is 2.29. The zero-order valence-electron chi connectivity index (χ0n) is 7.52. The van der Waals surface area contributed by atoms with Crippen molar-refractivity contribution in [2.45, 2.75) is 39.2 Å². The minimum atomic E-state index is -0.439. The van der Waals surface area contributed by atoms with Gasteiger partial charge in [0.05, 0.1) is 0 Å². The zero-order chi connectivity index (χ0) is 8.91. The van der Waals surface area contributed by atoms with Crippen LogP contribution in [0.3, 0.4) is 0 Å².